The lowest BCUT2D eigenvalue weighted by atomic mass is 10.2. The quantitative estimate of drug-likeness (QED) is 0.478. The predicted molar refractivity (Wildman–Crippen MR) is 75.3 cm³/mol. The van der Waals surface area contributed by atoms with Gasteiger partial charge in [0, 0.05) is 24.3 Å². The van der Waals surface area contributed by atoms with E-state index in [1.165, 1.54) is 36.4 Å². The monoisotopic (exact) mass is 315 g/mol. The summed E-state index contributed by atoms with van der Waals surface area (Å²) in [6.07, 6.45) is 4.52. The molecule has 8 nitrogen and oxygen atoms in total. The molecular formula is C15H9NO7. The summed E-state index contributed by atoms with van der Waals surface area (Å²) in [6.45, 7) is 0. The van der Waals surface area contributed by atoms with E-state index in [1.54, 1.807) is 0 Å². The first kappa shape index (κ1) is 15.8. The van der Waals surface area contributed by atoms with Crippen LogP contribution < -0.4 is 4.90 Å². The number of carbonyl (C=O) groups is 5. The Balaban J connectivity index is 0.000000229. The predicted octanol–water partition coefficient (Wildman–Crippen LogP) is 0.440. The van der Waals surface area contributed by atoms with Crippen LogP contribution >= 0.6 is 0 Å². The number of amides is 2. The van der Waals surface area contributed by atoms with Crippen LogP contribution in [0.3, 0.4) is 0 Å². The van der Waals surface area contributed by atoms with Crippen molar-refractivity contribution in [3.8, 4) is 0 Å². The van der Waals surface area contributed by atoms with Crippen LogP contribution in [0.1, 0.15) is 10.4 Å². The third-order valence-corrected chi connectivity index (χ3v) is 2.74. The van der Waals surface area contributed by atoms with Crippen molar-refractivity contribution in [1.82, 2.24) is 0 Å². The summed E-state index contributed by atoms with van der Waals surface area (Å²) in [5.74, 6) is -3.06. The number of hydrogen-bond acceptors (Lipinski definition) is 6. The van der Waals surface area contributed by atoms with Crippen molar-refractivity contribution in [2.75, 3.05) is 4.90 Å². The topological polar surface area (TPSA) is 118 Å². The molecule has 1 aromatic rings. The summed E-state index contributed by atoms with van der Waals surface area (Å²) in [5, 5.41) is 8.69. The molecule has 0 fully saturated rings. The van der Waals surface area contributed by atoms with E-state index >= 15 is 0 Å². The van der Waals surface area contributed by atoms with Crippen molar-refractivity contribution < 1.29 is 33.8 Å². The second-order valence-electron chi connectivity index (χ2n) is 4.27. The zero-order valence-electron chi connectivity index (χ0n) is 11.5. The van der Waals surface area contributed by atoms with Crippen LogP contribution in [-0.2, 0) is 23.9 Å². The van der Waals surface area contributed by atoms with Crippen LogP contribution in [0.15, 0.2) is 48.6 Å². The van der Waals surface area contributed by atoms with Gasteiger partial charge in [0.2, 0.25) is 0 Å². The maximum Gasteiger partial charge on any atom is 0.338 e. The molecule has 8 heteroatoms. The highest BCUT2D eigenvalue weighted by Crippen LogP contribution is 2.19. The lowest BCUT2D eigenvalue weighted by Crippen LogP contribution is -2.29. The number of cyclic esters (lactones) is 2. The summed E-state index contributed by atoms with van der Waals surface area (Å²) in [7, 11) is 0. The van der Waals surface area contributed by atoms with E-state index in [4.69, 9.17) is 5.11 Å². The number of imide groups is 1. The van der Waals surface area contributed by atoms with Gasteiger partial charge in [-0.2, -0.15) is 0 Å². The van der Waals surface area contributed by atoms with Gasteiger partial charge in [0.25, 0.3) is 11.8 Å². The standard InChI is InChI=1S/C11H7NO4.C4H2O3/c13-9-5-6-10(14)12(9)8-3-1-7(2-4-8)11(15)16;5-3-1-2-4(6)7-3/h1-6H,(H,15,16);1-2H. The van der Waals surface area contributed by atoms with Gasteiger partial charge in [0.15, 0.2) is 0 Å². The summed E-state index contributed by atoms with van der Waals surface area (Å²) in [6, 6.07) is 5.53. The minimum Gasteiger partial charge on any atom is -0.478 e. The van der Waals surface area contributed by atoms with Gasteiger partial charge in [-0.25, -0.2) is 19.3 Å². The second-order valence-corrected chi connectivity index (χ2v) is 4.27. The van der Waals surface area contributed by atoms with Gasteiger partial charge in [-0.1, -0.05) is 0 Å². The molecule has 0 bridgehead atoms. The number of anilines is 1. The first-order chi connectivity index (χ1) is 10.9. The van der Waals surface area contributed by atoms with Crippen LogP contribution in [0.4, 0.5) is 5.69 Å². The molecule has 0 saturated heterocycles. The first-order valence-corrected chi connectivity index (χ1v) is 6.22. The van der Waals surface area contributed by atoms with E-state index < -0.39 is 29.7 Å². The van der Waals surface area contributed by atoms with Gasteiger partial charge in [-0.05, 0) is 24.3 Å². The normalized spacial score (nSPS) is 15.6. The SMILES string of the molecule is O=C(O)c1ccc(N2C(=O)C=CC2=O)cc1.O=C1C=CC(=O)O1. The Labute approximate surface area is 129 Å². The van der Waals surface area contributed by atoms with Gasteiger partial charge < -0.3 is 9.84 Å². The van der Waals surface area contributed by atoms with E-state index in [0.717, 1.165) is 17.1 Å². The summed E-state index contributed by atoms with van der Waals surface area (Å²) < 4.78 is 3.97. The van der Waals surface area contributed by atoms with Crippen molar-refractivity contribution >= 4 is 35.4 Å². The molecule has 3 rings (SSSR count). The second kappa shape index (κ2) is 6.48. The smallest absolute Gasteiger partial charge is 0.338 e. The minimum absolute atomic E-state index is 0.107. The average molecular weight is 315 g/mol. The van der Waals surface area contributed by atoms with E-state index in [0.29, 0.717) is 5.69 Å². The van der Waals surface area contributed by atoms with Crippen molar-refractivity contribution in [2.45, 2.75) is 0 Å². The Morgan fingerprint density at radius 2 is 1.30 bits per heavy atom. The molecule has 1 N–H and O–H groups in total. The fraction of sp³-hybridized carbons (Fsp3) is 0. The van der Waals surface area contributed by atoms with Gasteiger partial charge in [0.1, 0.15) is 0 Å². The molecule has 0 atom stereocenters. The fourth-order valence-corrected chi connectivity index (χ4v) is 1.71. The van der Waals surface area contributed by atoms with Crippen LogP contribution in [0.2, 0.25) is 0 Å². The Kier molecular flexibility index (Phi) is 4.46. The van der Waals surface area contributed by atoms with Crippen molar-refractivity contribution in [1.29, 1.82) is 0 Å². The Bertz CT molecular complexity index is 725. The molecule has 0 saturated carbocycles. The Morgan fingerprint density at radius 3 is 1.65 bits per heavy atom. The zero-order chi connectivity index (χ0) is 17.0. The van der Waals surface area contributed by atoms with Crippen molar-refractivity contribution in [3.05, 3.63) is 54.1 Å². The number of ether oxygens (including phenoxy) is 1. The summed E-state index contributed by atoms with van der Waals surface area (Å²) in [4.78, 5) is 54.0. The largest absolute Gasteiger partial charge is 0.478 e. The number of hydrogen-bond donors (Lipinski definition) is 1. The molecule has 23 heavy (non-hydrogen) atoms. The van der Waals surface area contributed by atoms with E-state index in [2.05, 4.69) is 4.74 Å². The first-order valence-electron chi connectivity index (χ1n) is 6.22. The van der Waals surface area contributed by atoms with Crippen LogP contribution in [-0.4, -0.2) is 34.8 Å². The number of carboxylic acids is 1. The summed E-state index contributed by atoms with van der Waals surface area (Å²) in [5.41, 5.74) is 0.473. The highest BCUT2D eigenvalue weighted by molar-refractivity contribution is 6.28. The number of carboxylic acid groups (broad SMARTS) is 1. The number of esters is 2. The molecule has 0 aromatic heterocycles. The van der Waals surface area contributed by atoms with Crippen LogP contribution in [0, 0.1) is 0 Å². The third-order valence-electron chi connectivity index (χ3n) is 2.74. The zero-order valence-corrected chi connectivity index (χ0v) is 11.5. The average Bonchev–Trinajstić information content (AvgIpc) is 3.05. The molecular weight excluding hydrogens is 306 g/mol. The van der Waals surface area contributed by atoms with Crippen LogP contribution in [0.25, 0.3) is 0 Å². The lowest BCUT2D eigenvalue weighted by Gasteiger charge is -2.13. The van der Waals surface area contributed by atoms with E-state index in [9.17, 15) is 24.0 Å². The molecule has 116 valence electrons. The van der Waals surface area contributed by atoms with Gasteiger partial charge >= 0.3 is 17.9 Å². The van der Waals surface area contributed by atoms with Crippen LogP contribution in [0.5, 0.6) is 0 Å². The minimum atomic E-state index is -1.05. The van der Waals surface area contributed by atoms with Gasteiger partial charge in [0.05, 0.1) is 11.3 Å². The number of rotatable bonds is 2. The molecule has 0 spiro atoms. The van der Waals surface area contributed by atoms with E-state index in [1.807, 2.05) is 0 Å². The molecule has 2 aliphatic rings. The molecule has 2 heterocycles. The maximum atomic E-state index is 11.3. The molecule has 2 aliphatic heterocycles. The molecule has 2 amide bonds. The number of carbonyl (C=O) groups excluding carboxylic acids is 4. The van der Waals surface area contributed by atoms with Gasteiger partial charge in [-0.15, -0.1) is 0 Å². The molecule has 0 aliphatic carbocycles. The Hall–Kier alpha value is -3.55. The Morgan fingerprint density at radius 1 is 0.826 bits per heavy atom. The highest BCUT2D eigenvalue weighted by atomic mass is 16.6. The number of nitrogens with zero attached hydrogens (tertiary/aromatic N) is 1. The number of benzene rings is 1. The van der Waals surface area contributed by atoms with Crippen molar-refractivity contribution in [2.24, 2.45) is 0 Å². The third kappa shape index (κ3) is 3.76. The van der Waals surface area contributed by atoms with E-state index in [-0.39, 0.29) is 5.56 Å². The molecule has 0 radical (unpaired) electrons. The maximum absolute atomic E-state index is 11.3. The summed E-state index contributed by atoms with van der Waals surface area (Å²) >= 11 is 0. The highest BCUT2D eigenvalue weighted by Gasteiger charge is 2.24. The molecule has 1 aromatic carbocycles. The van der Waals surface area contributed by atoms with Gasteiger partial charge in [-0.3, -0.25) is 9.59 Å². The fourth-order valence-electron chi connectivity index (χ4n) is 1.71. The lowest BCUT2D eigenvalue weighted by molar-refractivity contribution is -0.150. The number of aromatic carboxylic acids is 1. The molecule has 0 unspecified atom stereocenters. The van der Waals surface area contributed by atoms with Crippen molar-refractivity contribution in [3.63, 3.8) is 0 Å².